The van der Waals surface area contributed by atoms with E-state index in [4.69, 9.17) is 9.47 Å². The van der Waals surface area contributed by atoms with Gasteiger partial charge in [0.15, 0.2) is 6.10 Å². The predicted molar refractivity (Wildman–Crippen MR) is 106 cm³/mol. The number of methoxy groups -OCH3 is 1. The molecule has 2 aliphatic heterocycles. The van der Waals surface area contributed by atoms with Crippen molar-refractivity contribution in [1.82, 2.24) is 4.90 Å². The van der Waals surface area contributed by atoms with Gasteiger partial charge in [-0.15, -0.1) is 0 Å². The van der Waals surface area contributed by atoms with Gasteiger partial charge in [-0.25, -0.2) is 0 Å². The van der Waals surface area contributed by atoms with Crippen molar-refractivity contribution in [1.29, 1.82) is 0 Å². The highest BCUT2D eigenvalue weighted by Crippen LogP contribution is 2.30. The number of fused-ring (bicyclic) bond motifs is 1. The van der Waals surface area contributed by atoms with E-state index >= 15 is 0 Å². The molecular weight excluding hydrogens is 358 g/mol. The molecule has 1 atom stereocenters. The number of piperazine rings is 1. The van der Waals surface area contributed by atoms with Crippen molar-refractivity contribution < 1.29 is 19.1 Å². The van der Waals surface area contributed by atoms with Gasteiger partial charge in [0.25, 0.3) is 5.91 Å². The van der Waals surface area contributed by atoms with E-state index in [0.29, 0.717) is 37.6 Å². The minimum atomic E-state index is -0.797. The molecule has 2 amide bonds. The molecule has 0 bridgehead atoms. The van der Waals surface area contributed by atoms with Crippen molar-refractivity contribution in [2.75, 3.05) is 43.5 Å². The van der Waals surface area contributed by atoms with E-state index in [9.17, 15) is 9.59 Å². The first kappa shape index (κ1) is 18.2. The largest absolute Gasteiger partial charge is 0.495 e. The summed E-state index contributed by atoms with van der Waals surface area (Å²) in [5, 5.41) is 2.80. The number of hydrogen-bond acceptors (Lipinski definition) is 5. The Balaban J connectivity index is 1.35. The third kappa shape index (κ3) is 3.60. The lowest BCUT2D eigenvalue weighted by molar-refractivity contribution is -0.137. The molecule has 1 saturated heterocycles. The van der Waals surface area contributed by atoms with Crippen LogP contribution < -0.4 is 19.7 Å². The maximum Gasteiger partial charge on any atom is 0.266 e. The number of amides is 2. The number of para-hydroxylation sites is 4. The monoisotopic (exact) mass is 381 g/mol. The number of carbonyl (C=O) groups is 2. The van der Waals surface area contributed by atoms with Crippen molar-refractivity contribution in [3.63, 3.8) is 0 Å². The minimum absolute atomic E-state index is 0.0365. The molecule has 28 heavy (non-hydrogen) atoms. The molecule has 146 valence electrons. The number of nitrogens with zero attached hydrogens (tertiary/aromatic N) is 2. The summed E-state index contributed by atoms with van der Waals surface area (Å²) in [6.07, 6.45) is -0.760. The fraction of sp³-hybridized carbons (Fsp3) is 0.333. The zero-order chi connectivity index (χ0) is 19.5. The van der Waals surface area contributed by atoms with Gasteiger partial charge < -0.3 is 24.6 Å². The number of ether oxygens (including phenoxy) is 2. The first-order valence-corrected chi connectivity index (χ1v) is 9.38. The van der Waals surface area contributed by atoms with Crippen LogP contribution in [0.4, 0.5) is 11.4 Å². The number of anilines is 2. The average Bonchev–Trinajstić information content (AvgIpc) is 2.74. The summed E-state index contributed by atoms with van der Waals surface area (Å²) >= 11 is 0. The van der Waals surface area contributed by atoms with Crippen LogP contribution in [-0.4, -0.2) is 56.1 Å². The highest BCUT2D eigenvalue weighted by Gasteiger charge is 2.32. The summed E-state index contributed by atoms with van der Waals surface area (Å²) < 4.78 is 11.2. The van der Waals surface area contributed by atoms with E-state index in [1.807, 2.05) is 36.4 Å². The molecule has 2 aromatic rings. The molecule has 7 nitrogen and oxygen atoms in total. The topological polar surface area (TPSA) is 71.1 Å². The highest BCUT2D eigenvalue weighted by atomic mass is 16.5. The van der Waals surface area contributed by atoms with Gasteiger partial charge in [0.2, 0.25) is 5.91 Å². The van der Waals surface area contributed by atoms with Crippen LogP contribution in [0.2, 0.25) is 0 Å². The van der Waals surface area contributed by atoms with Crippen molar-refractivity contribution >= 4 is 23.2 Å². The number of hydrogen-bond donors (Lipinski definition) is 1. The third-order valence-corrected chi connectivity index (χ3v) is 5.12. The van der Waals surface area contributed by atoms with Gasteiger partial charge in [-0.1, -0.05) is 24.3 Å². The quantitative estimate of drug-likeness (QED) is 0.879. The van der Waals surface area contributed by atoms with E-state index < -0.39 is 6.10 Å². The third-order valence-electron chi connectivity index (χ3n) is 5.12. The second-order valence-corrected chi connectivity index (χ2v) is 6.84. The van der Waals surface area contributed by atoms with E-state index in [2.05, 4.69) is 10.2 Å². The van der Waals surface area contributed by atoms with Gasteiger partial charge in [-0.05, 0) is 24.3 Å². The Morgan fingerprint density at radius 2 is 1.82 bits per heavy atom. The molecule has 4 rings (SSSR count). The number of benzene rings is 2. The molecule has 0 aromatic heterocycles. The van der Waals surface area contributed by atoms with E-state index in [1.165, 1.54) is 0 Å². The van der Waals surface area contributed by atoms with E-state index in [1.54, 1.807) is 24.1 Å². The normalized spacial score (nSPS) is 18.8. The maximum absolute atomic E-state index is 12.7. The Labute approximate surface area is 163 Å². The van der Waals surface area contributed by atoms with Crippen LogP contribution in [0.15, 0.2) is 48.5 Å². The molecule has 7 heteroatoms. The molecule has 2 aliphatic rings. The summed E-state index contributed by atoms with van der Waals surface area (Å²) in [5.74, 6) is 1.08. The molecule has 0 saturated carbocycles. The van der Waals surface area contributed by atoms with Crippen molar-refractivity contribution in [2.45, 2.75) is 12.5 Å². The molecule has 1 N–H and O–H groups in total. The molecule has 2 heterocycles. The van der Waals surface area contributed by atoms with Gasteiger partial charge in [0.1, 0.15) is 11.5 Å². The molecule has 0 radical (unpaired) electrons. The number of rotatable bonds is 4. The molecule has 0 aliphatic carbocycles. The minimum Gasteiger partial charge on any atom is -0.495 e. The Bertz CT molecular complexity index is 877. The highest BCUT2D eigenvalue weighted by molar-refractivity contribution is 5.99. The Morgan fingerprint density at radius 1 is 1.11 bits per heavy atom. The summed E-state index contributed by atoms with van der Waals surface area (Å²) in [6, 6.07) is 15.1. The van der Waals surface area contributed by atoms with Gasteiger partial charge in [0, 0.05) is 26.2 Å². The zero-order valence-electron chi connectivity index (χ0n) is 15.8. The van der Waals surface area contributed by atoms with Crippen LogP contribution in [0.5, 0.6) is 11.5 Å². The Kier molecular flexibility index (Phi) is 5.06. The first-order valence-electron chi connectivity index (χ1n) is 9.38. The van der Waals surface area contributed by atoms with Crippen molar-refractivity contribution in [3.05, 3.63) is 48.5 Å². The lowest BCUT2D eigenvalue weighted by Gasteiger charge is -2.37. The fourth-order valence-corrected chi connectivity index (χ4v) is 3.60. The SMILES string of the molecule is COc1ccccc1N1CCN(C(=O)CC2Oc3ccccc3NC2=O)CC1. The fourth-order valence-electron chi connectivity index (χ4n) is 3.60. The van der Waals surface area contributed by atoms with Crippen LogP contribution in [0.25, 0.3) is 0 Å². The van der Waals surface area contributed by atoms with Gasteiger partial charge >= 0.3 is 0 Å². The number of nitrogens with one attached hydrogen (secondary N) is 1. The Hall–Kier alpha value is -3.22. The van der Waals surface area contributed by atoms with Crippen LogP contribution in [-0.2, 0) is 9.59 Å². The van der Waals surface area contributed by atoms with Crippen LogP contribution in [0.1, 0.15) is 6.42 Å². The smallest absolute Gasteiger partial charge is 0.266 e. The summed E-state index contributed by atoms with van der Waals surface area (Å²) in [7, 11) is 1.66. The molecule has 1 fully saturated rings. The summed E-state index contributed by atoms with van der Waals surface area (Å²) in [6.45, 7) is 2.63. The lowest BCUT2D eigenvalue weighted by atomic mass is 10.1. The average molecular weight is 381 g/mol. The zero-order valence-corrected chi connectivity index (χ0v) is 15.8. The summed E-state index contributed by atoms with van der Waals surface area (Å²) in [5.41, 5.74) is 1.67. The Morgan fingerprint density at radius 3 is 2.61 bits per heavy atom. The van der Waals surface area contributed by atoms with Crippen LogP contribution >= 0.6 is 0 Å². The second-order valence-electron chi connectivity index (χ2n) is 6.84. The van der Waals surface area contributed by atoms with Gasteiger partial charge in [-0.3, -0.25) is 9.59 Å². The van der Waals surface area contributed by atoms with Gasteiger partial charge in [-0.2, -0.15) is 0 Å². The van der Waals surface area contributed by atoms with Crippen LogP contribution in [0.3, 0.4) is 0 Å². The van der Waals surface area contributed by atoms with Crippen LogP contribution in [0, 0.1) is 0 Å². The van der Waals surface area contributed by atoms with E-state index in [0.717, 1.165) is 11.4 Å². The molecular formula is C21H23N3O4. The van der Waals surface area contributed by atoms with Crippen molar-refractivity contribution in [2.24, 2.45) is 0 Å². The number of carbonyl (C=O) groups excluding carboxylic acids is 2. The molecule has 1 unspecified atom stereocenters. The molecule has 0 spiro atoms. The summed E-state index contributed by atoms with van der Waals surface area (Å²) in [4.78, 5) is 29.0. The second kappa shape index (κ2) is 7.80. The lowest BCUT2D eigenvalue weighted by Crippen LogP contribution is -2.50. The van der Waals surface area contributed by atoms with Crippen molar-refractivity contribution in [3.8, 4) is 11.5 Å². The maximum atomic E-state index is 12.7. The standard InChI is InChI=1S/C21H23N3O4/c1-27-18-9-5-3-7-16(18)23-10-12-24(13-11-23)20(25)14-19-21(26)22-15-6-2-4-8-17(15)28-19/h2-9,19H,10-14H2,1H3,(H,22,26). The first-order chi connectivity index (χ1) is 13.7. The predicted octanol–water partition coefficient (Wildman–Crippen LogP) is 2.13. The molecule has 2 aromatic carbocycles. The van der Waals surface area contributed by atoms with E-state index in [-0.39, 0.29) is 18.2 Å². The van der Waals surface area contributed by atoms with Gasteiger partial charge in [0.05, 0.1) is 24.9 Å².